The van der Waals surface area contributed by atoms with Crippen molar-refractivity contribution in [2.24, 2.45) is 10.9 Å². The number of halogens is 3. The normalized spacial score (nSPS) is 18.3. The van der Waals surface area contributed by atoms with E-state index in [4.69, 9.17) is 0 Å². The molecule has 0 fully saturated rings. The van der Waals surface area contributed by atoms with E-state index in [0.29, 0.717) is 5.57 Å². The summed E-state index contributed by atoms with van der Waals surface area (Å²) in [5.74, 6) is -1.13. The topological polar surface area (TPSA) is 32.7 Å². The highest BCUT2D eigenvalue weighted by Crippen LogP contribution is 2.23. The number of rotatable bonds is 3. The number of aliphatic imine (C=N–C) groups is 1. The van der Waals surface area contributed by atoms with Crippen molar-refractivity contribution in [3.8, 4) is 0 Å². The molecule has 1 amide bonds. The first-order valence-electron chi connectivity index (χ1n) is 7.05. The number of carbonyl (C=O) groups is 1. The molecule has 3 nitrogen and oxygen atoms in total. The van der Waals surface area contributed by atoms with Gasteiger partial charge in [-0.2, -0.15) is 13.2 Å². The van der Waals surface area contributed by atoms with Gasteiger partial charge in [-0.05, 0) is 12.5 Å². The zero-order valence-corrected chi connectivity index (χ0v) is 13.4. The lowest BCUT2D eigenvalue weighted by Crippen LogP contribution is -2.44. The van der Waals surface area contributed by atoms with Crippen molar-refractivity contribution in [2.45, 2.75) is 40.8 Å². The van der Waals surface area contributed by atoms with Crippen LogP contribution in [0.1, 0.15) is 34.6 Å². The van der Waals surface area contributed by atoms with Crippen LogP contribution in [-0.2, 0) is 4.79 Å². The van der Waals surface area contributed by atoms with Crippen LogP contribution >= 0.6 is 0 Å². The number of hydrogen-bond acceptors (Lipinski definition) is 2. The van der Waals surface area contributed by atoms with E-state index >= 15 is 0 Å². The number of alkyl halides is 3. The van der Waals surface area contributed by atoms with Gasteiger partial charge in [0.2, 0.25) is 5.91 Å². The molecule has 0 aliphatic carbocycles. The van der Waals surface area contributed by atoms with Crippen molar-refractivity contribution in [2.75, 3.05) is 13.1 Å². The Balaban J connectivity index is 0. The Bertz CT molecular complexity index is 374. The first kappa shape index (κ1) is 21.7. The van der Waals surface area contributed by atoms with Crippen LogP contribution < -0.4 is 0 Å². The van der Waals surface area contributed by atoms with Gasteiger partial charge in [0, 0.05) is 19.0 Å². The van der Waals surface area contributed by atoms with Gasteiger partial charge in [0.25, 0.3) is 0 Å². The minimum atomic E-state index is -4.37. The van der Waals surface area contributed by atoms with Gasteiger partial charge in [-0.3, -0.25) is 9.79 Å². The van der Waals surface area contributed by atoms with E-state index in [0.717, 1.165) is 4.90 Å². The molecule has 21 heavy (non-hydrogen) atoms. The molecule has 0 N–H and O–H groups in total. The second-order valence-corrected chi connectivity index (χ2v) is 3.72. The molecule has 122 valence electrons. The van der Waals surface area contributed by atoms with E-state index in [1.165, 1.54) is 12.4 Å². The molecule has 1 rings (SSSR count). The lowest BCUT2D eigenvalue weighted by atomic mass is 9.96. The molecule has 0 aromatic carbocycles. The van der Waals surface area contributed by atoms with Crippen molar-refractivity contribution in [1.29, 1.82) is 0 Å². The predicted octanol–water partition coefficient (Wildman–Crippen LogP) is 4.22. The molecule has 0 bridgehead atoms. The fourth-order valence-electron chi connectivity index (χ4n) is 1.56. The number of amides is 1. The largest absolute Gasteiger partial charge is 0.406 e. The second kappa shape index (κ2) is 11.1. The highest BCUT2D eigenvalue weighted by Gasteiger charge is 2.36. The molecule has 1 heterocycles. The summed E-state index contributed by atoms with van der Waals surface area (Å²) in [5, 5.41) is 0. The quantitative estimate of drug-likeness (QED) is 0.719. The monoisotopic (exact) mass is 306 g/mol. The van der Waals surface area contributed by atoms with Crippen LogP contribution in [-0.4, -0.2) is 36.3 Å². The van der Waals surface area contributed by atoms with Gasteiger partial charge < -0.3 is 4.90 Å². The van der Waals surface area contributed by atoms with Crippen molar-refractivity contribution < 1.29 is 18.0 Å². The van der Waals surface area contributed by atoms with E-state index in [-0.39, 0.29) is 6.54 Å². The lowest BCUT2D eigenvalue weighted by molar-refractivity contribution is -0.162. The Labute approximate surface area is 125 Å². The van der Waals surface area contributed by atoms with E-state index in [9.17, 15) is 18.0 Å². The highest BCUT2D eigenvalue weighted by atomic mass is 19.4. The maximum Gasteiger partial charge on any atom is 0.406 e. The van der Waals surface area contributed by atoms with E-state index in [1.54, 1.807) is 13.0 Å². The highest BCUT2D eigenvalue weighted by molar-refractivity contribution is 5.93. The molecule has 0 saturated carbocycles. The van der Waals surface area contributed by atoms with Gasteiger partial charge in [0.1, 0.15) is 6.54 Å². The molecule has 6 heteroatoms. The number of hydrogen-bond donors (Lipinski definition) is 0. The summed E-state index contributed by atoms with van der Waals surface area (Å²) < 4.78 is 36.6. The van der Waals surface area contributed by atoms with Crippen molar-refractivity contribution >= 4 is 12.1 Å². The van der Waals surface area contributed by atoms with Gasteiger partial charge in [-0.15, -0.1) is 0 Å². The zero-order valence-electron chi connectivity index (χ0n) is 13.4. The molecule has 0 aromatic rings. The second-order valence-electron chi connectivity index (χ2n) is 3.72. The molecule has 0 radical (unpaired) electrons. The Hall–Kier alpha value is -1.59. The van der Waals surface area contributed by atoms with Crippen molar-refractivity contribution in [3.05, 3.63) is 24.4 Å². The third kappa shape index (κ3) is 8.32. The van der Waals surface area contributed by atoms with Crippen LogP contribution in [0.25, 0.3) is 0 Å². The zero-order chi connectivity index (χ0) is 17.1. The van der Waals surface area contributed by atoms with E-state index in [1.807, 2.05) is 27.7 Å². The SMILES string of the molecule is C=CN=CC1=CCN(CC(F)(F)F)C(=O)C1C.CC.CC. The summed E-state index contributed by atoms with van der Waals surface area (Å²) in [6.07, 6.45) is -0.0403. The first-order chi connectivity index (χ1) is 9.85. The Morgan fingerprint density at radius 3 is 2.33 bits per heavy atom. The van der Waals surface area contributed by atoms with Crippen LogP contribution in [0, 0.1) is 5.92 Å². The Kier molecular flexibility index (Phi) is 11.5. The minimum Gasteiger partial charge on any atom is -0.329 e. The maximum absolute atomic E-state index is 12.2. The van der Waals surface area contributed by atoms with Crippen LogP contribution in [0.3, 0.4) is 0 Å². The Morgan fingerprint density at radius 2 is 1.90 bits per heavy atom. The van der Waals surface area contributed by atoms with Gasteiger partial charge in [0.15, 0.2) is 0 Å². The minimum absolute atomic E-state index is 0.0405. The molecule has 1 aliphatic heterocycles. The number of carbonyl (C=O) groups excluding carboxylic acids is 1. The smallest absolute Gasteiger partial charge is 0.329 e. The average Bonchev–Trinajstić information content (AvgIpc) is 2.46. The molecule has 0 aromatic heterocycles. The summed E-state index contributed by atoms with van der Waals surface area (Å²) in [5.41, 5.74) is 0.619. The maximum atomic E-state index is 12.2. The van der Waals surface area contributed by atoms with Crippen LogP contribution in [0.15, 0.2) is 29.4 Å². The van der Waals surface area contributed by atoms with Crippen molar-refractivity contribution in [3.63, 3.8) is 0 Å². The molecular formula is C15H25F3N2O. The molecule has 0 spiro atoms. The molecule has 0 saturated heterocycles. The molecular weight excluding hydrogens is 281 g/mol. The standard InChI is InChI=1S/C11H13F3N2O.2C2H6/c1-3-15-6-9-4-5-16(7-11(12,13)14)10(17)8(9)2;2*1-2/h3-4,6,8H,1,5,7H2,2H3;2*1-2H3. The summed E-state index contributed by atoms with van der Waals surface area (Å²) in [7, 11) is 0. The fraction of sp³-hybridized carbons (Fsp3) is 0.600. The predicted molar refractivity (Wildman–Crippen MR) is 81.3 cm³/mol. The van der Waals surface area contributed by atoms with Crippen LogP contribution in [0.4, 0.5) is 13.2 Å². The lowest BCUT2D eigenvalue weighted by Gasteiger charge is -2.30. The molecule has 1 unspecified atom stereocenters. The third-order valence-electron chi connectivity index (χ3n) is 2.43. The average molecular weight is 306 g/mol. The number of nitrogens with zero attached hydrogens (tertiary/aromatic N) is 2. The van der Waals surface area contributed by atoms with Gasteiger partial charge in [0.05, 0.1) is 5.92 Å². The molecule has 1 aliphatic rings. The van der Waals surface area contributed by atoms with Gasteiger partial charge in [-0.1, -0.05) is 40.3 Å². The van der Waals surface area contributed by atoms with E-state index < -0.39 is 24.5 Å². The summed E-state index contributed by atoms with van der Waals surface area (Å²) in [4.78, 5) is 16.2. The van der Waals surface area contributed by atoms with Crippen LogP contribution in [0.5, 0.6) is 0 Å². The molecule has 1 atom stereocenters. The summed E-state index contributed by atoms with van der Waals surface area (Å²) in [6, 6.07) is 0. The van der Waals surface area contributed by atoms with Gasteiger partial charge in [-0.25, -0.2) is 0 Å². The first-order valence-corrected chi connectivity index (χ1v) is 7.05. The van der Waals surface area contributed by atoms with Gasteiger partial charge >= 0.3 is 6.18 Å². The summed E-state index contributed by atoms with van der Waals surface area (Å²) in [6.45, 7) is 11.7. The fourth-order valence-corrected chi connectivity index (χ4v) is 1.56. The summed E-state index contributed by atoms with van der Waals surface area (Å²) >= 11 is 0. The van der Waals surface area contributed by atoms with Crippen molar-refractivity contribution in [1.82, 2.24) is 4.90 Å². The third-order valence-corrected chi connectivity index (χ3v) is 2.43. The van der Waals surface area contributed by atoms with Crippen LogP contribution in [0.2, 0.25) is 0 Å². The van der Waals surface area contributed by atoms with E-state index in [2.05, 4.69) is 11.6 Å². The Morgan fingerprint density at radius 1 is 1.38 bits per heavy atom.